The standard InChI is InChI=1S/C58H35NO/c1-2-16-36(17-3-1)59(37-30-32-43-41-20-6-12-26-49(41)57(52(43)34-37)47-24-10-4-18-39(47)40-19-5-11-25-48(40)57)38-31-33-44-42-21-7-13-27-50(42)58(53(44)35-38)51-28-14-8-22-45(51)55-46-23-9-15-29-54(46)60-56(55)58/h1-35H. The molecule has 1 atom stereocenters. The van der Waals surface area contributed by atoms with Crippen molar-refractivity contribution in [1.29, 1.82) is 0 Å². The molecule has 9 aromatic carbocycles. The van der Waals surface area contributed by atoms with Crippen LogP contribution in [0.15, 0.2) is 217 Å². The summed E-state index contributed by atoms with van der Waals surface area (Å²) in [6.45, 7) is 0. The number of furan rings is 1. The number of hydrogen-bond donors (Lipinski definition) is 0. The molecular formula is C58H35NO. The normalized spacial score (nSPS) is 16.2. The number of fused-ring (bicyclic) bond motifs is 22. The van der Waals surface area contributed by atoms with Gasteiger partial charge in [0.05, 0.1) is 5.41 Å². The van der Waals surface area contributed by atoms with Crippen LogP contribution in [0.3, 0.4) is 0 Å². The van der Waals surface area contributed by atoms with E-state index in [0.29, 0.717) is 0 Å². The van der Waals surface area contributed by atoms with Crippen molar-refractivity contribution in [2.45, 2.75) is 10.8 Å². The SMILES string of the molecule is c1ccc(N(c2ccc3c(c2)C2(c4ccccc4-c4ccccc42)c2ccccc2-3)c2ccc3c(c2)C2(c4ccccc4-3)c3ccccc3-c3c2oc2ccccc32)cc1. The highest BCUT2D eigenvalue weighted by atomic mass is 16.3. The van der Waals surface area contributed by atoms with E-state index in [4.69, 9.17) is 4.42 Å². The molecule has 2 heteroatoms. The number of hydrogen-bond acceptors (Lipinski definition) is 2. The molecule has 2 spiro atoms. The van der Waals surface area contributed by atoms with E-state index in [1.807, 2.05) is 0 Å². The molecule has 4 aliphatic carbocycles. The fourth-order valence-corrected chi connectivity index (χ4v) is 11.9. The van der Waals surface area contributed by atoms with Crippen LogP contribution < -0.4 is 4.90 Å². The minimum absolute atomic E-state index is 0.438. The molecule has 0 saturated heterocycles. The van der Waals surface area contributed by atoms with Crippen molar-refractivity contribution in [3.05, 3.63) is 257 Å². The lowest BCUT2D eigenvalue weighted by Gasteiger charge is -2.33. The fraction of sp³-hybridized carbons (Fsp3) is 0.0345. The first-order valence-electron chi connectivity index (χ1n) is 20.9. The van der Waals surface area contributed by atoms with Crippen LogP contribution in [0.2, 0.25) is 0 Å². The molecular weight excluding hydrogens is 727 g/mol. The summed E-state index contributed by atoms with van der Waals surface area (Å²) in [6.07, 6.45) is 0. The van der Waals surface area contributed by atoms with Gasteiger partial charge in [-0.1, -0.05) is 170 Å². The molecule has 278 valence electrons. The number of nitrogens with zero attached hydrogens (tertiary/aromatic N) is 1. The average molecular weight is 762 g/mol. The van der Waals surface area contributed by atoms with E-state index >= 15 is 0 Å². The maximum atomic E-state index is 7.09. The van der Waals surface area contributed by atoms with Crippen LogP contribution in [0, 0.1) is 0 Å². The summed E-state index contributed by atoms with van der Waals surface area (Å²) in [4.78, 5) is 2.46. The Kier molecular flexibility index (Phi) is 6.19. The summed E-state index contributed by atoms with van der Waals surface area (Å²) < 4.78 is 7.09. The third-order valence-electron chi connectivity index (χ3n) is 14.1. The second-order valence-electron chi connectivity index (χ2n) is 16.7. The molecule has 10 aromatic rings. The predicted octanol–water partition coefficient (Wildman–Crippen LogP) is 14.6. The van der Waals surface area contributed by atoms with Crippen molar-refractivity contribution in [1.82, 2.24) is 0 Å². The van der Waals surface area contributed by atoms with Gasteiger partial charge in [-0.15, -0.1) is 0 Å². The monoisotopic (exact) mass is 761 g/mol. The zero-order chi connectivity index (χ0) is 39.2. The highest BCUT2D eigenvalue weighted by molar-refractivity contribution is 6.05. The van der Waals surface area contributed by atoms with Crippen LogP contribution >= 0.6 is 0 Å². The molecule has 0 bridgehead atoms. The second kappa shape index (κ2) is 11.5. The Bertz CT molecular complexity index is 3400. The fourth-order valence-electron chi connectivity index (χ4n) is 11.9. The van der Waals surface area contributed by atoms with Gasteiger partial charge in [0.15, 0.2) is 0 Å². The number of benzene rings is 9. The van der Waals surface area contributed by atoms with Crippen molar-refractivity contribution in [3.8, 4) is 44.5 Å². The zero-order valence-electron chi connectivity index (χ0n) is 32.6. The molecule has 0 amide bonds. The molecule has 4 aliphatic rings. The van der Waals surface area contributed by atoms with E-state index in [0.717, 1.165) is 33.8 Å². The van der Waals surface area contributed by atoms with Gasteiger partial charge in [0.25, 0.3) is 0 Å². The molecule has 1 unspecified atom stereocenters. The first-order chi connectivity index (χ1) is 29.8. The van der Waals surface area contributed by atoms with Gasteiger partial charge < -0.3 is 9.32 Å². The number of anilines is 3. The maximum absolute atomic E-state index is 7.09. The Morgan fingerprint density at radius 3 is 1.25 bits per heavy atom. The third-order valence-corrected chi connectivity index (χ3v) is 14.1. The molecule has 14 rings (SSSR count). The maximum Gasteiger partial charge on any atom is 0.135 e. The minimum atomic E-state index is -0.615. The Labute approximate surface area is 348 Å². The first kappa shape index (κ1) is 32.3. The summed E-state index contributed by atoms with van der Waals surface area (Å²) >= 11 is 0. The van der Waals surface area contributed by atoms with Gasteiger partial charge in [-0.05, 0) is 120 Å². The van der Waals surface area contributed by atoms with Crippen LogP contribution in [0.25, 0.3) is 55.5 Å². The van der Waals surface area contributed by atoms with Gasteiger partial charge in [-0.25, -0.2) is 0 Å². The van der Waals surface area contributed by atoms with Gasteiger partial charge >= 0.3 is 0 Å². The summed E-state index contributed by atoms with van der Waals surface area (Å²) in [6, 6.07) is 78.8. The smallest absolute Gasteiger partial charge is 0.135 e. The Morgan fingerprint density at radius 1 is 0.300 bits per heavy atom. The topological polar surface area (TPSA) is 16.4 Å². The van der Waals surface area contributed by atoms with E-state index in [-0.39, 0.29) is 0 Å². The highest BCUT2D eigenvalue weighted by Crippen LogP contribution is 2.66. The Morgan fingerprint density at radius 2 is 0.700 bits per heavy atom. The van der Waals surface area contributed by atoms with Gasteiger partial charge in [-0.2, -0.15) is 0 Å². The van der Waals surface area contributed by atoms with Gasteiger partial charge in [0.1, 0.15) is 16.8 Å². The van der Waals surface area contributed by atoms with Crippen LogP contribution in [0.4, 0.5) is 17.1 Å². The lowest BCUT2D eigenvalue weighted by Crippen LogP contribution is -2.26. The third kappa shape index (κ3) is 3.76. The van der Waals surface area contributed by atoms with Gasteiger partial charge in [-0.3, -0.25) is 0 Å². The Hall–Kier alpha value is -7.68. The minimum Gasteiger partial charge on any atom is -0.459 e. The summed E-state index contributed by atoms with van der Waals surface area (Å²) in [5.74, 6) is 1.01. The summed E-state index contributed by atoms with van der Waals surface area (Å²) in [7, 11) is 0. The van der Waals surface area contributed by atoms with Gasteiger partial charge in [0.2, 0.25) is 0 Å². The lowest BCUT2D eigenvalue weighted by atomic mass is 9.70. The molecule has 2 nitrogen and oxygen atoms in total. The highest BCUT2D eigenvalue weighted by Gasteiger charge is 2.55. The molecule has 0 radical (unpaired) electrons. The summed E-state index contributed by atoms with van der Waals surface area (Å²) in [5.41, 5.74) is 22.5. The van der Waals surface area contributed by atoms with Crippen LogP contribution in [-0.4, -0.2) is 0 Å². The number of para-hydroxylation sites is 2. The predicted molar refractivity (Wildman–Crippen MR) is 243 cm³/mol. The molecule has 1 heterocycles. The summed E-state index contributed by atoms with van der Waals surface area (Å²) in [5, 5.41) is 1.16. The van der Waals surface area contributed by atoms with Crippen LogP contribution in [-0.2, 0) is 10.8 Å². The second-order valence-corrected chi connectivity index (χ2v) is 16.7. The largest absolute Gasteiger partial charge is 0.459 e. The zero-order valence-corrected chi connectivity index (χ0v) is 32.6. The van der Waals surface area contributed by atoms with Crippen molar-refractivity contribution in [2.75, 3.05) is 4.90 Å². The molecule has 60 heavy (non-hydrogen) atoms. The molecule has 1 aromatic heterocycles. The number of rotatable bonds is 3. The van der Waals surface area contributed by atoms with Crippen molar-refractivity contribution < 1.29 is 4.42 Å². The van der Waals surface area contributed by atoms with E-state index in [9.17, 15) is 0 Å². The van der Waals surface area contributed by atoms with Crippen molar-refractivity contribution in [2.24, 2.45) is 0 Å². The molecule has 0 N–H and O–H groups in total. The molecule has 0 fully saturated rings. The van der Waals surface area contributed by atoms with Crippen LogP contribution in [0.5, 0.6) is 0 Å². The van der Waals surface area contributed by atoms with Crippen molar-refractivity contribution in [3.63, 3.8) is 0 Å². The van der Waals surface area contributed by atoms with E-state index in [1.54, 1.807) is 0 Å². The molecule has 0 aliphatic heterocycles. The Balaban J connectivity index is 1.04. The quantitative estimate of drug-likeness (QED) is 0.178. The van der Waals surface area contributed by atoms with E-state index in [1.165, 1.54) is 83.5 Å². The van der Waals surface area contributed by atoms with Gasteiger partial charge in [0, 0.05) is 28.0 Å². The molecule has 0 saturated carbocycles. The van der Waals surface area contributed by atoms with E-state index < -0.39 is 10.8 Å². The van der Waals surface area contributed by atoms with Crippen molar-refractivity contribution >= 4 is 28.0 Å². The van der Waals surface area contributed by atoms with E-state index in [2.05, 4.69) is 217 Å². The lowest BCUT2D eigenvalue weighted by molar-refractivity contribution is 0.507. The average Bonchev–Trinajstić information content (AvgIpc) is 4.08. The first-order valence-corrected chi connectivity index (χ1v) is 20.9. The van der Waals surface area contributed by atoms with Crippen LogP contribution in [0.1, 0.15) is 44.7 Å².